The van der Waals surface area contributed by atoms with Gasteiger partial charge in [-0.2, -0.15) is 0 Å². The number of carbonyl (C=O) groups excluding carboxylic acids is 2. The molecule has 3 unspecified atom stereocenters. The van der Waals surface area contributed by atoms with Gasteiger partial charge in [0.2, 0.25) is 5.91 Å². The van der Waals surface area contributed by atoms with Crippen molar-refractivity contribution in [2.75, 3.05) is 6.61 Å². The van der Waals surface area contributed by atoms with Gasteiger partial charge in [0.15, 0.2) is 0 Å². The van der Waals surface area contributed by atoms with Gasteiger partial charge in [-0.15, -0.1) is 0 Å². The van der Waals surface area contributed by atoms with Crippen molar-refractivity contribution in [1.82, 2.24) is 5.32 Å². The highest BCUT2D eigenvalue weighted by molar-refractivity contribution is 5.77. The van der Waals surface area contributed by atoms with Gasteiger partial charge in [0, 0.05) is 6.42 Å². The average molecular weight is 941 g/mol. The van der Waals surface area contributed by atoms with Crippen molar-refractivity contribution < 1.29 is 24.5 Å². The summed E-state index contributed by atoms with van der Waals surface area (Å²) in [6, 6.07) is -0.716. The van der Waals surface area contributed by atoms with Gasteiger partial charge in [0.05, 0.1) is 25.2 Å². The Labute approximate surface area is 416 Å². The maximum atomic E-state index is 13.3. The van der Waals surface area contributed by atoms with Crippen molar-refractivity contribution in [2.24, 2.45) is 0 Å². The second-order valence-electron chi connectivity index (χ2n) is 20.0. The molecule has 6 nitrogen and oxygen atoms in total. The van der Waals surface area contributed by atoms with Gasteiger partial charge in [-0.1, -0.05) is 249 Å². The molecule has 0 bridgehead atoms. The molecule has 0 saturated heterocycles. The molecule has 0 rings (SSSR count). The zero-order chi connectivity index (χ0) is 48.8. The summed E-state index contributed by atoms with van der Waals surface area (Å²) in [6.07, 6.45) is 67.5. The zero-order valence-electron chi connectivity index (χ0n) is 44.8. The second kappa shape index (κ2) is 54.8. The topological polar surface area (TPSA) is 95.9 Å². The Kier molecular flexibility index (Phi) is 53.0. The fourth-order valence-corrected chi connectivity index (χ4v) is 8.90. The predicted molar refractivity (Wildman–Crippen MR) is 292 cm³/mol. The number of esters is 1. The van der Waals surface area contributed by atoms with Crippen LogP contribution in [-0.2, 0) is 14.3 Å². The van der Waals surface area contributed by atoms with Crippen LogP contribution in [0.25, 0.3) is 0 Å². The SMILES string of the molecule is CCCCC/C=C\C/C=C\C/C=C\CCCCC(CC(=O)NC(CO)C(O)CCCCCCCCCCCCCCCCC)OC(=O)CCCCCCC/C=C/CCCCCCCCCCC. The number of aliphatic hydroxyl groups is 2. The van der Waals surface area contributed by atoms with Gasteiger partial charge in [0.25, 0.3) is 0 Å². The lowest BCUT2D eigenvalue weighted by molar-refractivity contribution is -0.151. The van der Waals surface area contributed by atoms with Gasteiger partial charge < -0.3 is 20.3 Å². The lowest BCUT2D eigenvalue weighted by Gasteiger charge is -2.24. The fraction of sp³-hybridized carbons (Fsp3) is 0.836. The number of amides is 1. The summed E-state index contributed by atoms with van der Waals surface area (Å²) in [4.78, 5) is 26.3. The molecule has 0 spiro atoms. The molecule has 0 radical (unpaired) electrons. The summed E-state index contributed by atoms with van der Waals surface area (Å²) >= 11 is 0. The second-order valence-corrected chi connectivity index (χ2v) is 20.0. The van der Waals surface area contributed by atoms with Gasteiger partial charge in [-0.25, -0.2) is 0 Å². The molecule has 3 atom stereocenters. The van der Waals surface area contributed by atoms with E-state index in [-0.39, 0.29) is 24.9 Å². The highest BCUT2D eigenvalue weighted by Crippen LogP contribution is 2.18. The number of carbonyl (C=O) groups is 2. The van der Waals surface area contributed by atoms with Crippen LogP contribution in [0.1, 0.15) is 303 Å². The molecular formula is C61H113NO5. The summed E-state index contributed by atoms with van der Waals surface area (Å²) in [5.74, 6) is -0.510. The van der Waals surface area contributed by atoms with Crippen molar-refractivity contribution in [3.05, 3.63) is 48.6 Å². The van der Waals surface area contributed by atoms with E-state index in [1.165, 1.54) is 180 Å². The van der Waals surface area contributed by atoms with Crippen molar-refractivity contribution >= 4 is 11.9 Å². The molecule has 0 saturated carbocycles. The number of aliphatic hydroxyl groups excluding tert-OH is 2. The number of nitrogens with one attached hydrogen (secondary N) is 1. The van der Waals surface area contributed by atoms with E-state index >= 15 is 0 Å². The smallest absolute Gasteiger partial charge is 0.306 e. The third-order valence-electron chi connectivity index (χ3n) is 13.4. The molecule has 0 aromatic carbocycles. The van der Waals surface area contributed by atoms with E-state index in [0.29, 0.717) is 19.3 Å². The van der Waals surface area contributed by atoms with Crippen LogP contribution < -0.4 is 5.32 Å². The molecule has 392 valence electrons. The molecule has 0 fully saturated rings. The minimum absolute atomic E-state index is 0.0498. The molecule has 0 heterocycles. The summed E-state index contributed by atoms with van der Waals surface area (Å²) in [6.45, 7) is 6.47. The van der Waals surface area contributed by atoms with Gasteiger partial charge in [-0.05, 0) is 89.9 Å². The van der Waals surface area contributed by atoms with Crippen LogP contribution in [0.5, 0.6) is 0 Å². The number of unbranched alkanes of at least 4 members (excludes halogenated alkanes) is 33. The number of ether oxygens (including phenoxy) is 1. The minimum Gasteiger partial charge on any atom is -0.462 e. The van der Waals surface area contributed by atoms with Crippen LogP contribution in [0.3, 0.4) is 0 Å². The number of allylic oxidation sites excluding steroid dienone is 8. The van der Waals surface area contributed by atoms with Crippen molar-refractivity contribution in [1.29, 1.82) is 0 Å². The molecule has 6 heteroatoms. The highest BCUT2D eigenvalue weighted by Gasteiger charge is 2.24. The van der Waals surface area contributed by atoms with Crippen LogP contribution in [-0.4, -0.2) is 46.9 Å². The fourth-order valence-electron chi connectivity index (χ4n) is 8.90. The Morgan fingerprint density at radius 3 is 1.21 bits per heavy atom. The predicted octanol–water partition coefficient (Wildman–Crippen LogP) is 18.2. The summed E-state index contributed by atoms with van der Waals surface area (Å²) in [5.41, 5.74) is 0. The number of rotatable bonds is 53. The Bertz CT molecular complexity index is 1150. The first-order chi connectivity index (χ1) is 33.0. The van der Waals surface area contributed by atoms with Crippen LogP contribution >= 0.6 is 0 Å². The van der Waals surface area contributed by atoms with E-state index in [0.717, 1.165) is 77.0 Å². The molecule has 0 aliphatic carbocycles. The van der Waals surface area contributed by atoms with Gasteiger partial charge in [0.1, 0.15) is 6.10 Å². The van der Waals surface area contributed by atoms with E-state index in [2.05, 4.69) is 74.7 Å². The van der Waals surface area contributed by atoms with E-state index in [1.807, 2.05) is 0 Å². The van der Waals surface area contributed by atoms with Crippen LogP contribution in [0.2, 0.25) is 0 Å². The Morgan fingerprint density at radius 2 is 0.761 bits per heavy atom. The van der Waals surface area contributed by atoms with Crippen molar-refractivity contribution in [2.45, 2.75) is 322 Å². The third-order valence-corrected chi connectivity index (χ3v) is 13.4. The zero-order valence-corrected chi connectivity index (χ0v) is 44.8. The first-order valence-electron chi connectivity index (χ1n) is 29.4. The molecule has 0 aliphatic heterocycles. The van der Waals surface area contributed by atoms with Gasteiger partial charge in [-0.3, -0.25) is 9.59 Å². The number of hydrogen-bond donors (Lipinski definition) is 3. The lowest BCUT2D eigenvalue weighted by Crippen LogP contribution is -2.46. The van der Waals surface area contributed by atoms with E-state index in [9.17, 15) is 19.8 Å². The standard InChI is InChI=1S/C61H113NO5/c1-4-7-10-13-16-19-22-25-28-29-30-33-36-39-42-45-48-51-54-61(66)67-57(52-49-46-43-40-37-34-31-26-23-20-17-14-11-8-5-2)55-60(65)62-58(56-63)59(64)53-50-47-44-41-38-35-32-27-24-21-18-15-12-9-6-3/h17,20,26,30-31,33,37,40,57-59,63-64H,4-16,18-19,21-25,27-29,32,34-36,38-39,41-56H2,1-3H3,(H,62,65)/b20-17-,31-26-,33-30+,40-37-. The molecular weight excluding hydrogens is 827 g/mol. The summed E-state index contributed by atoms with van der Waals surface area (Å²) in [5, 5.41) is 23.9. The normalized spacial score (nSPS) is 13.4. The first kappa shape index (κ1) is 64.8. The van der Waals surface area contributed by atoms with E-state index in [1.54, 1.807) is 0 Å². The average Bonchev–Trinajstić information content (AvgIpc) is 3.32. The summed E-state index contributed by atoms with van der Waals surface area (Å²) in [7, 11) is 0. The molecule has 67 heavy (non-hydrogen) atoms. The Morgan fingerprint density at radius 1 is 0.433 bits per heavy atom. The molecule has 0 aromatic rings. The maximum Gasteiger partial charge on any atom is 0.306 e. The Hall–Kier alpha value is -2.18. The number of hydrogen-bond acceptors (Lipinski definition) is 5. The van der Waals surface area contributed by atoms with Crippen LogP contribution in [0.15, 0.2) is 48.6 Å². The molecule has 0 aromatic heterocycles. The van der Waals surface area contributed by atoms with Crippen LogP contribution in [0, 0.1) is 0 Å². The van der Waals surface area contributed by atoms with E-state index < -0.39 is 18.2 Å². The first-order valence-corrected chi connectivity index (χ1v) is 29.4. The van der Waals surface area contributed by atoms with Crippen molar-refractivity contribution in [3.63, 3.8) is 0 Å². The molecule has 1 amide bonds. The monoisotopic (exact) mass is 940 g/mol. The quantitative estimate of drug-likeness (QED) is 0.0321. The minimum atomic E-state index is -0.800. The third kappa shape index (κ3) is 50.0. The molecule has 3 N–H and O–H groups in total. The lowest BCUT2D eigenvalue weighted by atomic mass is 10.0. The van der Waals surface area contributed by atoms with E-state index in [4.69, 9.17) is 4.74 Å². The molecule has 0 aliphatic rings. The van der Waals surface area contributed by atoms with Gasteiger partial charge >= 0.3 is 5.97 Å². The van der Waals surface area contributed by atoms with Crippen molar-refractivity contribution in [3.8, 4) is 0 Å². The van der Waals surface area contributed by atoms with Crippen LogP contribution in [0.4, 0.5) is 0 Å². The highest BCUT2D eigenvalue weighted by atomic mass is 16.5. The maximum absolute atomic E-state index is 13.3. The largest absolute Gasteiger partial charge is 0.462 e. The summed E-state index contributed by atoms with van der Waals surface area (Å²) < 4.78 is 5.94. The Balaban J connectivity index is 4.59.